The van der Waals surface area contributed by atoms with E-state index in [0.29, 0.717) is 23.6 Å². The summed E-state index contributed by atoms with van der Waals surface area (Å²) in [5, 5.41) is 3.54. The van der Waals surface area contributed by atoms with Crippen LogP contribution in [0.1, 0.15) is 46.0 Å². The summed E-state index contributed by atoms with van der Waals surface area (Å²) < 4.78 is 5.57. The first-order valence-corrected chi connectivity index (χ1v) is 7.50. The Morgan fingerprint density at radius 2 is 2.06 bits per heavy atom. The van der Waals surface area contributed by atoms with Crippen LogP contribution in [-0.4, -0.2) is 50.3 Å². The van der Waals surface area contributed by atoms with Gasteiger partial charge in [0.1, 0.15) is 0 Å². The van der Waals surface area contributed by atoms with Gasteiger partial charge in [-0.3, -0.25) is 4.90 Å². The van der Waals surface area contributed by atoms with Crippen LogP contribution in [0.4, 0.5) is 0 Å². The van der Waals surface area contributed by atoms with Crippen LogP contribution >= 0.6 is 0 Å². The monoisotopic (exact) mass is 254 g/mol. The first kappa shape index (κ1) is 14.3. The SMILES string of the molecule is CNC1CCC(C)(C)CC1N1CCCC(OC)C1. The molecule has 1 aliphatic carbocycles. The molecule has 1 heterocycles. The molecule has 0 spiro atoms. The normalized spacial score (nSPS) is 37.7. The lowest BCUT2D eigenvalue weighted by Crippen LogP contribution is -2.57. The van der Waals surface area contributed by atoms with Crippen molar-refractivity contribution in [2.24, 2.45) is 5.41 Å². The fraction of sp³-hybridized carbons (Fsp3) is 1.00. The van der Waals surface area contributed by atoms with E-state index in [4.69, 9.17) is 4.74 Å². The smallest absolute Gasteiger partial charge is 0.0698 e. The van der Waals surface area contributed by atoms with E-state index in [1.807, 2.05) is 7.11 Å². The van der Waals surface area contributed by atoms with Gasteiger partial charge in [-0.25, -0.2) is 0 Å². The third-order valence-electron chi connectivity index (χ3n) is 4.94. The Morgan fingerprint density at radius 1 is 1.28 bits per heavy atom. The van der Waals surface area contributed by atoms with Gasteiger partial charge in [-0.2, -0.15) is 0 Å². The molecule has 0 aromatic carbocycles. The summed E-state index contributed by atoms with van der Waals surface area (Å²) in [5.41, 5.74) is 0.498. The summed E-state index contributed by atoms with van der Waals surface area (Å²) >= 11 is 0. The van der Waals surface area contributed by atoms with Crippen LogP contribution in [-0.2, 0) is 4.74 Å². The molecule has 0 bridgehead atoms. The van der Waals surface area contributed by atoms with Gasteiger partial charge in [-0.05, 0) is 51.1 Å². The number of piperidine rings is 1. The maximum absolute atomic E-state index is 5.57. The zero-order valence-electron chi connectivity index (χ0n) is 12.5. The minimum absolute atomic E-state index is 0.446. The van der Waals surface area contributed by atoms with Crippen molar-refractivity contribution < 1.29 is 4.74 Å². The Hall–Kier alpha value is -0.120. The van der Waals surface area contributed by atoms with Crippen molar-refractivity contribution in [3.63, 3.8) is 0 Å². The molecule has 2 fully saturated rings. The molecule has 0 radical (unpaired) electrons. The van der Waals surface area contributed by atoms with Gasteiger partial charge >= 0.3 is 0 Å². The van der Waals surface area contributed by atoms with E-state index < -0.39 is 0 Å². The van der Waals surface area contributed by atoms with Gasteiger partial charge < -0.3 is 10.1 Å². The second kappa shape index (κ2) is 5.89. The van der Waals surface area contributed by atoms with Crippen molar-refractivity contribution in [3.05, 3.63) is 0 Å². The number of rotatable bonds is 3. The predicted molar refractivity (Wildman–Crippen MR) is 75.9 cm³/mol. The Kier molecular flexibility index (Phi) is 4.68. The van der Waals surface area contributed by atoms with Gasteiger partial charge in [0.25, 0.3) is 0 Å². The maximum Gasteiger partial charge on any atom is 0.0698 e. The summed E-state index contributed by atoms with van der Waals surface area (Å²) in [7, 11) is 3.97. The highest BCUT2D eigenvalue weighted by Crippen LogP contribution is 2.38. The summed E-state index contributed by atoms with van der Waals surface area (Å²) in [6, 6.07) is 1.35. The summed E-state index contributed by atoms with van der Waals surface area (Å²) in [4.78, 5) is 2.68. The van der Waals surface area contributed by atoms with E-state index in [9.17, 15) is 0 Å². The fourth-order valence-electron chi connectivity index (χ4n) is 3.73. The van der Waals surface area contributed by atoms with Crippen LogP contribution < -0.4 is 5.32 Å². The van der Waals surface area contributed by atoms with E-state index in [2.05, 4.69) is 31.1 Å². The van der Waals surface area contributed by atoms with E-state index in [1.165, 1.54) is 38.6 Å². The number of methoxy groups -OCH3 is 1. The quantitative estimate of drug-likeness (QED) is 0.836. The van der Waals surface area contributed by atoms with Gasteiger partial charge in [-0.15, -0.1) is 0 Å². The molecule has 3 unspecified atom stereocenters. The maximum atomic E-state index is 5.57. The zero-order chi connectivity index (χ0) is 13.2. The Labute approximate surface area is 112 Å². The summed E-state index contributed by atoms with van der Waals surface area (Å²) in [6.07, 6.45) is 6.92. The number of likely N-dealkylation sites (N-methyl/N-ethyl adjacent to an activating group) is 1. The Morgan fingerprint density at radius 3 is 2.72 bits per heavy atom. The second-order valence-corrected chi connectivity index (χ2v) is 6.86. The van der Waals surface area contributed by atoms with E-state index in [1.54, 1.807) is 0 Å². The third kappa shape index (κ3) is 3.25. The first-order valence-electron chi connectivity index (χ1n) is 7.50. The summed E-state index contributed by atoms with van der Waals surface area (Å²) in [6.45, 7) is 7.21. The topological polar surface area (TPSA) is 24.5 Å². The molecule has 3 atom stereocenters. The lowest BCUT2D eigenvalue weighted by Gasteiger charge is -2.48. The molecule has 0 amide bonds. The Bertz CT molecular complexity index is 267. The van der Waals surface area contributed by atoms with Crippen LogP contribution in [0.2, 0.25) is 0 Å². The molecule has 0 aromatic rings. The van der Waals surface area contributed by atoms with Gasteiger partial charge in [0, 0.05) is 25.7 Å². The molecule has 2 aliphatic rings. The molecule has 18 heavy (non-hydrogen) atoms. The van der Waals surface area contributed by atoms with Gasteiger partial charge in [0.2, 0.25) is 0 Å². The molecule has 0 aromatic heterocycles. The van der Waals surface area contributed by atoms with Gasteiger partial charge in [-0.1, -0.05) is 13.8 Å². The first-order chi connectivity index (χ1) is 8.55. The number of nitrogens with one attached hydrogen (secondary N) is 1. The molecule has 1 aliphatic heterocycles. The standard InChI is InChI=1S/C15H30N2O/c1-15(2)8-7-13(16-3)14(10-15)17-9-5-6-12(11-17)18-4/h12-14,16H,5-11H2,1-4H3. The number of hydrogen-bond acceptors (Lipinski definition) is 3. The zero-order valence-corrected chi connectivity index (χ0v) is 12.5. The van der Waals surface area contributed by atoms with Crippen LogP contribution in [0.25, 0.3) is 0 Å². The molecular weight excluding hydrogens is 224 g/mol. The van der Waals surface area contributed by atoms with Gasteiger partial charge in [0.05, 0.1) is 6.10 Å². The number of nitrogens with zero attached hydrogens (tertiary/aromatic N) is 1. The van der Waals surface area contributed by atoms with Crippen LogP contribution in [0.15, 0.2) is 0 Å². The highest BCUT2D eigenvalue weighted by molar-refractivity contribution is 4.95. The Balaban J connectivity index is 2.03. The molecule has 1 saturated carbocycles. The predicted octanol–water partition coefficient (Wildman–Crippen LogP) is 2.26. The van der Waals surface area contributed by atoms with Crippen molar-refractivity contribution in [2.45, 2.75) is 64.1 Å². The van der Waals surface area contributed by atoms with Crippen molar-refractivity contribution in [1.29, 1.82) is 0 Å². The van der Waals surface area contributed by atoms with Crippen molar-refractivity contribution in [1.82, 2.24) is 10.2 Å². The van der Waals surface area contributed by atoms with E-state index in [-0.39, 0.29) is 0 Å². The highest BCUT2D eigenvalue weighted by Gasteiger charge is 2.38. The summed E-state index contributed by atoms with van der Waals surface area (Å²) in [5.74, 6) is 0. The molecular formula is C15H30N2O. The van der Waals surface area contributed by atoms with Crippen LogP contribution in [0.5, 0.6) is 0 Å². The van der Waals surface area contributed by atoms with Gasteiger partial charge in [0.15, 0.2) is 0 Å². The van der Waals surface area contributed by atoms with Crippen LogP contribution in [0.3, 0.4) is 0 Å². The largest absolute Gasteiger partial charge is 0.380 e. The lowest BCUT2D eigenvalue weighted by atomic mass is 9.72. The van der Waals surface area contributed by atoms with Crippen molar-refractivity contribution in [2.75, 3.05) is 27.2 Å². The molecule has 3 heteroatoms. The average Bonchev–Trinajstić information content (AvgIpc) is 2.38. The minimum atomic E-state index is 0.446. The second-order valence-electron chi connectivity index (χ2n) is 6.86. The number of ether oxygens (including phenoxy) is 1. The fourth-order valence-corrected chi connectivity index (χ4v) is 3.73. The average molecular weight is 254 g/mol. The molecule has 1 saturated heterocycles. The van der Waals surface area contributed by atoms with Crippen molar-refractivity contribution >= 4 is 0 Å². The molecule has 1 N–H and O–H groups in total. The number of hydrogen-bond donors (Lipinski definition) is 1. The van der Waals surface area contributed by atoms with E-state index >= 15 is 0 Å². The molecule has 3 nitrogen and oxygen atoms in total. The van der Waals surface area contributed by atoms with Crippen molar-refractivity contribution in [3.8, 4) is 0 Å². The molecule has 2 rings (SSSR count). The third-order valence-corrected chi connectivity index (χ3v) is 4.94. The van der Waals surface area contributed by atoms with Crippen LogP contribution in [0, 0.1) is 5.41 Å². The lowest BCUT2D eigenvalue weighted by molar-refractivity contribution is -0.0137. The van der Waals surface area contributed by atoms with E-state index in [0.717, 1.165) is 6.54 Å². The highest BCUT2D eigenvalue weighted by atomic mass is 16.5. The minimum Gasteiger partial charge on any atom is -0.380 e. The molecule has 106 valence electrons. The number of likely N-dealkylation sites (tertiary alicyclic amines) is 1.